The minimum atomic E-state index is 0.784. The van der Waals surface area contributed by atoms with E-state index < -0.39 is 0 Å². The fraction of sp³-hybridized carbons (Fsp3) is 0.308. The summed E-state index contributed by atoms with van der Waals surface area (Å²) in [7, 11) is 0. The van der Waals surface area contributed by atoms with E-state index in [4.69, 9.17) is 11.6 Å². The fourth-order valence-corrected chi connectivity index (χ4v) is 2.63. The first kappa shape index (κ1) is 12.6. The maximum absolute atomic E-state index is 5.96. The van der Waals surface area contributed by atoms with Gasteiger partial charge >= 0.3 is 0 Å². The van der Waals surface area contributed by atoms with Gasteiger partial charge in [-0.2, -0.15) is 0 Å². The highest BCUT2D eigenvalue weighted by Crippen LogP contribution is 2.17. The van der Waals surface area contributed by atoms with Crippen LogP contribution in [0, 0.1) is 0 Å². The van der Waals surface area contributed by atoms with E-state index in [1.54, 1.807) is 11.3 Å². The van der Waals surface area contributed by atoms with Gasteiger partial charge in [0.1, 0.15) is 0 Å². The highest BCUT2D eigenvalue weighted by atomic mass is 35.5. The smallest absolute Gasteiger partial charge is 0.0972 e. The minimum Gasteiger partial charge on any atom is -0.311 e. The topological polar surface area (TPSA) is 24.9 Å². The monoisotopic (exact) mass is 266 g/mol. The number of rotatable bonds is 5. The first-order valence-corrected chi connectivity index (χ1v) is 6.92. The van der Waals surface area contributed by atoms with Crippen LogP contribution >= 0.6 is 22.9 Å². The van der Waals surface area contributed by atoms with Crippen LogP contribution in [0.25, 0.3) is 0 Å². The predicted molar refractivity (Wildman–Crippen MR) is 73.8 cm³/mol. The van der Waals surface area contributed by atoms with Gasteiger partial charge in [0.15, 0.2) is 0 Å². The molecule has 1 heterocycles. The molecule has 2 nitrogen and oxygen atoms in total. The first-order valence-electron chi connectivity index (χ1n) is 5.66. The normalized spacial score (nSPS) is 10.7. The molecule has 0 aliphatic rings. The third-order valence-corrected chi connectivity index (χ3v) is 3.53. The van der Waals surface area contributed by atoms with Crippen LogP contribution in [-0.4, -0.2) is 11.5 Å². The first-order chi connectivity index (χ1) is 8.28. The van der Waals surface area contributed by atoms with Crippen molar-refractivity contribution in [2.75, 3.05) is 6.54 Å². The number of halogens is 1. The van der Waals surface area contributed by atoms with Crippen molar-refractivity contribution >= 4 is 22.9 Å². The van der Waals surface area contributed by atoms with Crippen LogP contribution in [0.15, 0.2) is 29.6 Å². The second-order valence-corrected chi connectivity index (χ2v) is 5.20. The molecule has 0 unspecified atom stereocenters. The van der Waals surface area contributed by atoms with Crippen LogP contribution < -0.4 is 5.32 Å². The van der Waals surface area contributed by atoms with Crippen LogP contribution in [-0.2, 0) is 13.0 Å². The number of nitrogens with one attached hydrogen (secondary N) is 1. The molecule has 0 spiro atoms. The summed E-state index contributed by atoms with van der Waals surface area (Å²) >= 11 is 7.66. The Morgan fingerprint density at radius 2 is 2.29 bits per heavy atom. The summed E-state index contributed by atoms with van der Waals surface area (Å²) in [4.78, 5) is 4.59. The van der Waals surface area contributed by atoms with Crippen LogP contribution in [0.4, 0.5) is 0 Å². The molecule has 0 radical (unpaired) electrons. The molecule has 2 aromatic rings. The summed E-state index contributed by atoms with van der Waals surface area (Å²) in [5.41, 5.74) is 2.33. The SMILES string of the molecule is CCNCc1csc(Cc2cccc(Cl)c2)n1. The molecule has 0 fully saturated rings. The molecule has 0 amide bonds. The lowest BCUT2D eigenvalue weighted by molar-refractivity contribution is 0.712. The van der Waals surface area contributed by atoms with E-state index in [-0.39, 0.29) is 0 Å². The Labute approximate surface area is 111 Å². The molecule has 0 saturated carbocycles. The number of benzene rings is 1. The number of hydrogen-bond acceptors (Lipinski definition) is 3. The van der Waals surface area contributed by atoms with E-state index in [2.05, 4.69) is 28.7 Å². The van der Waals surface area contributed by atoms with Crippen molar-refractivity contribution < 1.29 is 0 Å². The summed E-state index contributed by atoms with van der Waals surface area (Å²) < 4.78 is 0. The van der Waals surface area contributed by atoms with E-state index in [0.29, 0.717) is 0 Å². The van der Waals surface area contributed by atoms with Crippen molar-refractivity contribution in [2.24, 2.45) is 0 Å². The highest BCUT2D eigenvalue weighted by Gasteiger charge is 2.03. The Morgan fingerprint density at radius 3 is 3.06 bits per heavy atom. The summed E-state index contributed by atoms with van der Waals surface area (Å²) in [6, 6.07) is 7.94. The molecule has 0 atom stereocenters. The number of hydrogen-bond donors (Lipinski definition) is 1. The molecule has 0 aliphatic heterocycles. The van der Waals surface area contributed by atoms with Gasteiger partial charge in [-0.05, 0) is 24.2 Å². The average molecular weight is 267 g/mol. The highest BCUT2D eigenvalue weighted by molar-refractivity contribution is 7.09. The van der Waals surface area contributed by atoms with Gasteiger partial charge in [0.05, 0.1) is 10.7 Å². The van der Waals surface area contributed by atoms with Gasteiger partial charge in [-0.1, -0.05) is 30.7 Å². The third kappa shape index (κ3) is 3.80. The van der Waals surface area contributed by atoms with Gasteiger partial charge in [0.25, 0.3) is 0 Å². The number of nitrogens with zero attached hydrogens (tertiary/aromatic N) is 1. The second-order valence-electron chi connectivity index (χ2n) is 3.82. The molecule has 2 rings (SSSR count). The fourth-order valence-electron chi connectivity index (χ4n) is 1.59. The lowest BCUT2D eigenvalue weighted by Crippen LogP contribution is -2.11. The summed E-state index contributed by atoms with van der Waals surface area (Å²) in [5, 5.41) is 7.31. The second kappa shape index (κ2) is 6.15. The zero-order valence-corrected chi connectivity index (χ0v) is 11.3. The van der Waals surface area contributed by atoms with Gasteiger partial charge in [-0.15, -0.1) is 11.3 Å². The Hall–Kier alpha value is -0.900. The van der Waals surface area contributed by atoms with E-state index in [9.17, 15) is 0 Å². The molecule has 1 N–H and O–H groups in total. The quantitative estimate of drug-likeness (QED) is 0.896. The van der Waals surface area contributed by atoms with Crippen LogP contribution in [0.1, 0.15) is 23.2 Å². The summed E-state index contributed by atoms with van der Waals surface area (Å²) in [5.74, 6) is 0. The molecule has 17 heavy (non-hydrogen) atoms. The average Bonchev–Trinajstić information content (AvgIpc) is 2.74. The zero-order valence-electron chi connectivity index (χ0n) is 9.74. The molecule has 90 valence electrons. The summed E-state index contributed by atoms with van der Waals surface area (Å²) in [6.07, 6.45) is 0.858. The van der Waals surface area contributed by atoms with Gasteiger partial charge in [0.2, 0.25) is 0 Å². The van der Waals surface area contributed by atoms with E-state index >= 15 is 0 Å². The molecule has 0 saturated heterocycles. The van der Waals surface area contributed by atoms with Crippen molar-refractivity contribution in [1.82, 2.24) is 10.3 Å². The lowest BCUT2D eigenvalue weighted by Gasteiger charge is -1.99. The molecular weight excluding hydrogens is 252 g/mol. The van der Waals surface area contributed by atoms with E-state index in [1.807, 2.05) is 18.2 Å². The van der Waals surface area contributed by atoms with E-state index in [0.717, 1.165) is 35.2 Å². The molecule has 1 aromatic heterocycles. The maximum Gasteiger partial charge on any atom is 0.0972 e. The molecule has 1 aromatic carbocycles. The Bertz CT molecular complexity index is 482. The van der Waals surface area contributed by atoms with Crippen LogP contribution in [0.3, 0.4) is 0 Å². The molecular formula is C13H15ClN2S. The lowest BCUT2D eigenvalue weighted by atomic mass is 10.2. The Balaban J connectivity index is 2.01. The standard InChI is InChI=1S/C13H15ClN2S/c1-2-15-8-12-9-17-13(16-12)7-10-4-3-5-11(14)6-10/h3-6,9,15H,2,7-8H2,1H3. The van der Waals surface area contributed by atoms with Gasteiger partial charge in [-0.25, -0.2) is 4.98 Å². The Morgan fingerprint density at radius 1 is 1.41 bits per heavy atom. The Kier molecular flexibility index (Phi) is 4.54. The largest absolute Gasteiger partial charge is 0.311 e. The van der Waals surface area contributed by atoms with Crippen molar-refractivity contribution in [1.29, 1.82) is 0 Å². The predicted octanol–water partition coefficient (Wildman–Crippen LogP) is 3.50. The van der Waals surface area contributed by atoms with Crippen molar-refractivity contribution in [3.63, 3.8) is 0 Å². The number of thiazole rings is 1. The van der Waals surface area contributed by atoms with Gasteiger partial charge in [0, 0.05) is 23.4 Å². The molecule has 4 heteroatoms. The minimum absolute atomic E-state index is 0.784. The van der Waals surface area contributed by atoms with Gasteiger partial charge in [-0.3, -0.25) is 0 Å². The van der Waals surface area contributed by atoms with Crippen molar-refractivity contribution in [2.45, 2.75) is 19.9 Å². The van der Waals surface area contributed by atoms with Gasteiger partial charge < -0.3 is 5.32 Å². The molecule has 0 bridgehead atoms. The molecule has 0 aliphatic carbocycles. The third-order valence-electron chi connectivity index (χ3n) is 2.40. The number of aromatic nitrogens is 1. The summed E-state index contributed by atoms with van der Waals surface area (Å²) in [6.45, 7) is 3.92. The zero-order chi connectivity index (χ0) is 12.1. The van der Waals surface area contributed by atoms with E-state index in [1.165, 1.54) is 5.56 Å². The van der Waals surface area contributed by atoms with Crippen LogP contribution in [0.2, 0.25) is 5.02 Å². The van der Waals surface area contributed by atoms with Crippen molar-refractivity contribution in [3.05, 3.63) is 50.9 Å². The van der Waals surface area contributed by atoms with Crippen molar-refractivity contribution in [3.8, 4) is 0 Å². The maximum atomic E-state index is 5.96. The van der Waals surface area contributed by atoms with Crippen LogP contribution in [0.5, 0.6) is 0 Å².